The third-order valence-electron chi connectivity index (χ3n) is 3.83. The van der Waals surface area contributed by atoms with E-state index in [1.54, 1.807) is 12.1 Å². The highest BCUT2D eigenvalue weighted by molar-refractivity contribution is 5.51. The lowest BCUT2D eigenvalue weighted by atomic mass is 10.2. The van der Waals surface area contributed by atoms with E-state index < -0.39 is 0 Å². The van der Waals surface area contributed by atoms with Crippen molar-refractivity contribution in [2.45, 2.75) is 13.5 Å². The average molecular weight is 290 g/mol. The zero-order chi connectivity index (χ0) is 14.7. The zero-order valence-electron chi connectivity index (χ0n) is 12.1. The molecule has 0 unspecified atom stereocenters. The Morgan fingerprint density at radius 3 is 2.38 bits per heavy atom. The largest absolute Gasteiger partial charge is 0.419 e. The molecule has 1 aromatic heterocycles. The maximum atomic E-state index is 12.9. The molecule has 0 atom stereocenters. The van der Waals surface area contributed by atoms with Gasteiger partial charge in [-0.15, -0.1) is 10.2 Å². The second kappa shape index (κ2) is 6.32. The van der Waals surface area contributed by atoms with E-state index in [0.29, 0.717) is 18.3 Å². The van der Waals surface area contributed by atoms with Crippen LogP contribution in [-0.2, 0) is 6.54 Å². The number of halogens is 1. The topological polar surface area (TPSA) is 45.4 Å². The van der Waals surface area contributed by atoms with Crippen molar-refractivity contribution in [2.24, 2.45) is 0 Å². The first kappa shape index (κ1) is 14.2. The van der Waals surface area contributed by atoms with E-state index in [4.69, 9.17) is 4.42 Å². The Bertz CT molecular complexity index is 576. The molecule has 112 valence electrons. The molecule has 1 aliphatic heterocycles. The molecule has 0 radical (unpaired) electrons. The SMILES string of the molecule is CCN1CCN(Cc2nnc(-c3ccc(F)cc3)o2)CC1. The van der Waals surface area contributed by atoms with Crippen molar-refractivity contribution < 1.29 is 8.81 Å². The van der Waals surface area contributed by atoms with Crippen LogP contribution in [0.1, 0.15) is 12.8 Å². The minimum absolute atomic E-state index is 0.271. The van der Waals surface area contributed by atoms with Crippen LogP contribution in [0.5, 0.6) is 0 Å². The summed E-state index contributed by atoms with van der Waals surface area (Å²) in [7, 11) is 0. The van der Waals surface area contributed by atoms with Gasteiger partial charge in [0.2, 0.25) is 11.8 Å². The van der Waals surface area contributed by atoms with Crippen molar-refractivity contribution in [3.8, 4) is 11.5 Å². The van der Waals surface area contributed by atoms with Gasteiger partial charge in [0.1, 0.15) is 5.82 Å². The van der Waals surface area contributed by atoms with Crippen LogP contribution in [0.3, 0.4) is 0 Å². The lowest BCUT2D eigenvalue weighted by Crippen LogP contribution is -2.45. The molecule has 1 fully saturated rings. The molecule has 0 bridgehead atoms. The fourth-order valence-electron chi connectivity index (χ4n) is 2.48. The normalized spacial score (nSPS) is 17.2. The molecule has 21 heavy (non-hydrogen) atoms. The van der Waals surface area contributed by atoms with Gasteiger partial charge < -0.3 is 9.32 Å². The number of benzene rings is 1. The number of aromatic nitrogens is 2. The number of nitrogens with zero attached hydrogens (tertiary/aromatic N) is 4. The smallest absolute Gasteiger partial charge is 0.247 e. The van der Waals surface area contributed by atoms with E-state index in [9.17, 15) is 4.39 Å². The van der Waals surface area contributed by atoms with Crippen LogP contribution in [-0.4, -0.2) is 52.7 Å². The molecular formula is C15H19FN4O. The highest BCUT2D eigenvalue weighted by atomic mass is 19.1. The lowest BCUT2D eigenvalue weighted by molar-refractivity contribution is 0.124. The number of rotatable bonds is 4. The quantitative estimate of drug-likeness (QED) is 0.862. The van der Waals surface area contributed by atoms with E-state index in [0.717, 1.165) is 38.3 Å². The number of hydrogen-bond acceptors (Lipinski definition) is 5. The summed E-state index contributed by atoms with van der Waals surface area (Å²) in [5, 5.41) is 8.12. The van der Waals surface area contributed by atoms with E-state index in [1.165, 1.54) is 12.1 Å². The first-order valence-corrected chi connectivity index (χ1v) is 7.27. The molecule has 1 aromatic carbocycles. The van der Waals surface area contributed by atoms with Crippen LogP contribution in [0.25, 0.3) is 11.5 Å². The summed E-state index contributed by atoms with van der Waals surface area (Å²) in [4.78, 5) is 4.74. The van der Waals surface area contributed by atoms with Gasteiger partial charge in [0.15, 0.2) is 0 Å². The first-order chi connectivity index (χ1) is 10.2. The van der Waals surface area contributed by atoms with Gasteiger partial charge in [-0.3, -0.25) is 4.90 Å². The number of hydrogen-bond donors (Lipinski definition) is 0. The van der Waals surface area contributed by atoms with Crippen LogP contribution in [0.15, 0.2) is 28.7 Å². The van der Waals surface area contributed by atoms with E-state index in [1.807, 2.05) is 0 Å². The highest BCUT2D eigenvalue weighted by Crippen LogP contribution is 2.19. The third-order valence-corrected chi connectivity index (χ3v) is 3.83. The van der Waals surface area contributed by atoms with Gasteiger partial charge in [-0.05, 0) is 30.8 Å². The predicted octanol–water partition coefficient (Wildman–Crippen LogP) is 2.01. The molecule has 1 saturated heterocycles. The van der Waals surface area contributed by atoms with Crippen molar-refractivity contribution in [2.75, 3.05) is 32.7 Å². The van der Waals surface area contributed by atoms with Gasteiger partial charge in [0.05, 0.1) is 6.54 Å². The summed E-state index contributed by atoms with van der Waals surface area (Å²) < 4.78 is 18.6. The van der Waals surface area contributed by atoms with Crippen LogP contribution >= 0.6 is 0 Å². The molecule has 0 saturated carbocycles. The van der Waals surface area contributed by atoms with Gasteiger partial charge in [-0.25, -0.2) is 4.39 Å². The number of piperazine rings is 1. The molecule has 0 N–H and O–H groups in total. The van der Waals surface area contributed by atoms with Crippen LogP contribution in [0, 0.1) is 5.82 Å². The van der Waals surface area contributed by atoms with Crippen molar-refractivity contribution in [1.82, 2.24) is 20.0 Å². The van der Waals surface area contributed by atoms with Crippen LogP contribution in [0.4, 0.5) is 4.39 Å². The van der Waals surface area contributed by atoms with Crippen LogP contribution in [0.2, 0.25) is 0 Å². The minimum atomic E-state index is -0.271. The average Bonchev–Trinajstić information content (AvgIpc) is 2.97. The summed E-state index contributed by atoms with van der Waals surface area (Å²) in [6.45, 7) is 8.15. The fourth-order valence-corrected chi connectivity index (χ4v) is 2.48. The summed E-state index contributed by atoms with van der Waals surface area (Å²) in [5.74, 6) is 0.781. The molecule has 0 aliphatic carbocycles. The van der Waals surface area contributed by atoms with E-state index >= 15 is 0 Å². The van der Waals surface area contributed by atoms with Gasteiger partial charge in [-0.1, -0.05) is 6.92 Å². The van der Waals surface area contributed by atoms with Crippen molar-refractivity contribution >= 4 is 0 Å². The van der Waals surface area contributed by atoms with E-state index in [2.05, 4.69) is 26.9 Å². The Hall–Kier alpha value is -1.79. The molecule has 5 nitrogen and oxygen atoms in total. The fraction of sp³-hybridized carbons (Fsp3) is 0.467. The first-order valence-electron chi connectivity index (χ1n) is 7.27. The monoisotopic (exact) mass is 290 g/mol. The minimum Gasteiger partial charge on any atom is -0.419 e. The standard InChI is InChI=1S/C15H19FN4O/c1-2-19-7-9-20(10-8-19)11-14-17-18-15(21-14)12-3-5-13(16)6-4-12/h3-6H,2,7-11H2,1H3. The lowest BCUT2D eigenvalue weighted by Gasteiger charge is -2.33. The van der Waals surface area contributed by atoms with E-state index in [-0.39, 0.29) is 5.82 Å². The molecule has 2 heterocycles. The van der Waals surface area contributed by atoms with Gasteiger partial charge >= 0.3 is 0 Å². The van der Waals surface area contributed by atoms with Gasteiger partial charge in [-0.2, -0.15) is 0 Å². The summed E-state index contributed by atoms with van der Waals surface area (Å²) in [6.07, 6.45) is 0. The molecule has 1 aliphatic rings. The Balaban J connectivity index is 1.62. The molecule has 3 rings (SSSR count). The maximum absolute atomic E-state index is 12.9. The Morgan fingerprint density at radius 1 is 1.05 bits per heavy atom. The van der Waals surface area contributed by atoms with Crippen LogP contribution < -0.4 is 0 Å². The molecular weight excluding hydrogens is 271 g/mol. The maximum Gasteiger partial charge on any atom is 0.247 e. The van der Waals surface area contributed by atoms with Crippen molar-refractivity contribution in [3.63, 3.8) is 0 Å². The van der Waals surface area contributed by atoms with Crippen molar-refractivity contribution in [3.05, 3.63) is 36.0 Å². The van der Waals surface area contributed by atoms with Gasteiger partial charge in [0, 0.05) is 31.7 Å². The molecule has 0 amide bonds. The zero-order valence-corrected chi connectivity index (χ0v) is 12.1. The summed E-state index contributed by atoms with van der Waals surface area (Å²) >= 11 is 0. The Morgan fingerprint density at radius 2 is 1.71 bits per heavy atom. The second-order valence-electron chi connectivity index (χ2n) is 5.22. The predicted molar refractivity (Wildman–Crippen MR) is 77.1 cm³/mol. The molecule has 0 spiro atoms. The third kappa shape index (κ3) is 3.46. The van der Waals surface area contributed by atoms with Crippen molar-refractivity contribution in [1.29, 1.82) is 0 Å². The number of likely N-dealkylation sites (N-methyl/N-ethyl adjacent to an activating group) is 1. The van der Waals surface area contributed by atoms with Gasteiger partial charge in [0.25, 0.3) is 0 Å². The second-order valence-corrected chi connectivity index (χ2v) is 5.22. The highest BCUT2D eigenvalue weighted by Gasteiger charge is 2.18. The molecule has 2 aromatic rings. The summed E-state index contributed by atoms with van der Waals surface area (Å²) in [6, 6.07) is 6.08. The summed E-state index contributed by atoms with van der Waals surface area (Å²) in [5.41, 5.74) is 0.742. The Kier molecular flexibility index (Phi) is 4.26. The molecule has 6 heteroatoms. The Labute approximate surface area is 123 Å².